The molecule has 4 heteroatoms. The van der Waals surface area contributed by atoms with E-state index < -0.39 is 0 Å². The number of hydrogen-bond acceptors (Lipinski definition) is 2. The largest absolute Gasteiger partial charge is 0.493 e. The van der Waals surface area contributed by atoms with Gasteiger partial charge >= 0.3 is 0 Å². The SMILES string of the molecule is CCCOc1ccc(Br)cc1CCC(N)=S. The quantitative estimate of drug-likeness (QED) is 0.817. The van der Waals surface area contributed by atoms with Crippen molar-refractivity contribution in [3.8, 4) is 5.75 Å². The van der Waals surface area contributed by atoms with Crippen LogP contribution in [-0.4, -0.2) is 11.6 Å². The minimum Gasteiger partial charge on any atom is -0.493 e. The predicted octanol–water partition coefficient (Wildman–Crippen LogP) is 3.46. The Morgan fingerprint density at radius 2 is 2.25 bits per heavy atom. The fraction of sp³-hybridized carbons (Fsp3) is 0.417. The van der Waals surface area contributed by atoms with Crippen molar-refractivity contribution < 1.29 is 4.74 Å². The van der Waals surface area contributed by atoms with Gasteiger partial charge in [-0.05, 0) is 36.6 Å². The number of halogens is 1. The van der Waals surface area contributed by atoms with Crippen molar-refractivity contribution in [1.82, 2.24) is 0 Å². The second-order valence-electron chi connectivity index (χ2n) is 3.57. The molecular formula is C12H16BrNOS. The third-order valence-corrected chi connectivity index (χ3v) is 2.82. The molecule has 0 fully saturated rings. The lowest BCUT2D eigenvalue weighted by Crippen LogP contribution is -2.09. The lowest BCUT2D eigenvalue weighted by molar-refractivity contribution is 0.314. The summed E-state index contributed by atoms with van der Waals surface area (Å²) >= 11 is 8.34. The van der Waals surface area contributed by atoms with Crippen molar-refractivity contribution in [2.45, 2.75) is 26.2 Å². The zero-order valence-corrected chi connectivity index (χ0v) is 11.7. The Bertz CT molecular complexity index is 368. The van der Waals surface area contributed by atoms with Crippen LogP contribution in [0.3, 0.4) is 0 Å². The number of ether oxygens (including phenoxy) is 1. The summed E-state index contributed by atoms with van der Waals surface area (Å²) in [5, 5.41) is 0. The normalized spacial score (nSPS) is 10.1. The van der Waals surface area contributed by atoms with Gasteiger partial charge in [-0.15, -0.1) is 0 Å². The van der Waals surface area contributed by atoms with Gasteiger partial charge in [-0.25, -0.2) is 0 Å². The molecule has 0 atom stereocenters. The van der Waals surface area contributed by atoms with Gasteiger partial charge in [0.1, 0.15) is 5.75 Å². The van der Waals surface area contributed by atoms with Crippen molar-refractivity contribution in [3.05, 3.63) is 28.2 Å². The third kappa shape index (κ3) is 4.49. The molecule has 0 bridgehead atoms. The number of aryl methyl sites for hydroxylation is 1. The van der Waals surface area contributed by atoms with E-state index in [9.17, 15) is 0 Å². The van der Waals surface area contributed by atoms with Gasteiger partial charge < -0.3 is 10.5 Å². The molecule has 1 aromatic rings. The van der Waals surface area contributed by atoms with E-state index in [-0.39, 0.29) is 0 Å². The van der Waals surface area contributed by atoms with Crippen LogP contribution in [0.15, 0.2) is 22.7 Å². The number of rotatable bonds is 6. The van der Waals surface area contributed by atoms with Gasteiger partial charge in [0.05, 0.1) is 11.6 Å². The molecule has 88 valence electrons. The molecule has 0 saturated carbocycles. The van der Waals surface area contributed by atoms with Gasteiger partial charge in [-0.1, -0.05) is 35.1 Å². The first-order chi connectivity index (χ1) is 7.63. The van der Waals surface area contributed by atoms with E-state index in [2.05, 4.69) is 28.9 Å². The van der Waals surface area contributed by atoms with E-state index in [1.54, 1.807) is 0 Å². The maximum Gasteiger partial charge on any atom is 0.122 e. The Morgan fingerprint density at radius 3 is 2.88 bits per heavy atom. The van der Waals surface area contributed by atoms with Crippen LogP contribution in [0.5, 0.6) is 5.75 Å². The summed E-state index contributed by atoms with van der Waals surface area (Å²) in [6.45, 7) is 2.83. The van der Waals surface area contributed by atoms with Crippen LogP contribution in [0.1, 0.15) is 25.3 Å². The summed E-state index contributed by atoms with van der Waals surface area (Å²) in [6.07, 6.45) is 2.55. The number of nitrogens with two attached hydrogens (primary N) is 1. The topological polar surface area (TPSA) is 35.2 Å². The molecule has 0 aliphatic carbocycles. The minimum absolute atomic E-state index is 0.543. The molecule has 1 aromatic carbocycles. The highest BCUT2D eigenvalue weighted by Crippen LogP contribution is 2.24. The summed E-state index contributed by atoms with van der Waals surface area (Å²) < 4.78 is 6.72. The Kier molecular flexibility index (Phi) is 5.77. The molecule has 0 amide bonds. The molecule has 0 aliphatic heterocycles. The monoisotopic (exact) mass is 301 g/mol. The van der Waals surface area contributed by atoms with Crippen molar-refractivity contribution in [2.75, 3.05) is 6.61 Å². The molecule has 2 N–H and O–H groups in total. The molecule has 0 heterocycles. The first kappa shape index (κ1) is 13.5. The number of hydrogen-bond donors (Lipinski definition) is 1. The highest BCUT2D eigenvalue weighted by molar-refractivity contribution is 9.10. The molecular weight excluding hydrogens is 286 g/mol. The minimum atomic E-state index is 0.543. The molecule has 2 nitrogen and oxygen atoms in total. The van der Waals surface area contributed by atoms with Crippen LogP contribution in [0.2, 0.25) is 0 Å². The molecule has 0 aromatic heterocycles. The highest BCUT2D eigenvalue weighted by Gasteiger charge is 2.05. The van der Waals surface area contributed by atoms with Crippen molar-refractivity contribution >= 4 is 33.1 Å². The van der Waals surface area contributed by atoms with Gasteiger partial charge in [-0.2, -0.15) is 0 Å². The van der Waals surface area contributed by atoms with Crippen molar-refractivity contribution in [3.63, 3.8) is 0 Å². The summed E-state index contributed by atoms with van der Waals surface area (Å²) in [4.78, 5) is 0.543. The van der Waals surface area contributed by atoms with Gasteiger partial charge in [0.15, 0.2) is 0 Å². The van der Waals surface area contributed by atoms with E-state index in [4.69, 9.17) is 22.7 Å². The van der Waals surface area contributed by atoms with Crippen molar-refractivity contribution in [2.24, 2.45) is 5.73 Å². The maximum atomic E-state index is 5.67. The average Bonchev–Trinajstić information content (AvgIpc) is 2.25. The summed E-state index contributed by atoms with van der Waals surface area (Å²) in [7, 11) is 0. The lowest BCUT2D eigenvalue weighted by Gasteiger charge is -2.11. The zero-order chi connectivity index (χ0) is 12.0. The first-order valence-corrected chi connectivity index (χ1v) is 6.53. The number of benzene rings is 1. The summed E-state index contributed by atoms with van der Waals surface area (Å²) in [5.74, 6) is 0.932. The van der Waals surface area contributed by atoms with E-state index >= 15 is 0 Å². The van der Waals surface area contributed by atoms with E-state index in [0.717, 1.165) is 35.2 Å². The zero-order valence-electron chi connectivity index (χ0n) is 9.33. The van der Waals surface area contributed by atoms with Gasteiger partial charge in [0.2, 0.25) is 0 Å². The van der Waals surface area contributed by atoms with Gasteiger partial charge in [0, 0.05) is 10.9 Å². The molecule has 0 unspecified atom stereocenters. The third-order valence-electron chi connectivity index (χ3n) is 2.12. The van der Waals surface area contributed by atoms with Crippen LogP contribution >= 0.6 is 28.1 Å². The van der Waals surface area contributed by atoms with E-state index in [0.29, 0.717) is 11.4 Å². The molecule has 0 aliphatic rings. The standard InChI is InChI=1S/C12H16BrNOS/c1-2-7-15-11-5-4-10(13)8-9(11)3-6-12(14)16/h4-5,8H,2-3,6-7H2,1H3,(H2,14,16). The predicted molar refractivity (Wildman–Crippen MR) is 75.0 cm³/mol. The van der Waals surface area contributed by atoms with Crippen molar-refractivity contribution in [1.29, 1.82) is 0 Å². The highest BCUT2D eigenvalue weighted by atomic mass is 79.9. The maximum absolute atomic E-state index is 5.67. The lowest BCUT2D eigenvalue weighted by atomic mass is 10.1. The van der Waals surface area contributed by atoms with Crippen LogP contribution in [0.4, 0.5) is 0 Å². The molecule has 1 rings (SSSR count). The Hall–Kier alpha value is -0.610. The van der Waals surface area contributed by atoms with Crippen LogP contribution in [0, 0.1) is 0 Å². The molecule has 0 saturated heterocycles. The van der Waals surface area contributed by atoms with Crippen LogP contribution in [-0.2, 0) is 6.42 Å². The second kappa shape index (κ2) is 6.86. The Labute approximate surface area is 110 Å². The number of thiocarbonyl (C=S) groups is 1. The summed E-state index contributed by atoms with van der Waals surface area (Å²) in [5.41, 5.74) is 6.66. The van der Waals surface area contributed by atoms with Gasteiger partial charge in [-0.3, -0.25) is 0 Å². The first-order valence-electron chi connectivity index (χ1n) is 5.33. The van der Waals surface area contributed by atoms with E-state index in [1.165, 1.54) is 0 Å². The molecule has 0 radical (unpaired) electrons. The van der Waals surface area contributed by atoms with Crippen LogP contribution in [0.25, 0.3) is 0 Å². The fourth-order valence-electron chi connectivity index (χ4n) is 1.35. The van der Waals surface area contributed by atoms with Crippen LogP contribution < -0.4 is 10.5 Å². The Balaban J connectivity index is 2.76. The average molecular weight is 302 g/mol. The summed E-state index contributed by atoms with van der Waals surface area (Å²) in [6, 6.07) is 6.02. The smallest absolute Gasteiger partial charge is 0.122 e. The second-order valence-corrected chi connectivity index (χ2v) is 5.01. The fourth-order valence-corrected chi connectivity index (χ4v) is 1.86. The molecule has 16 heavy (non-hydrogen) atoms. The van der Waals surface area contributed by atoms with Gasteiger partial charge in [0.25, 0.3) is 0 Å². The molecule has 0 spiro atoms. The Morgan fingerprint density at radius 1 is 1.50 bits per heavy atom. The van der Waals surface area contributed by atoms with E-state index in [1.807, 2.05) is 12.1 Å².